The first-order valence-electron chi connectivity index (χ1n) is 7.55. The van der Waals surface area contributed by atoms with Gasteiger partial charge in [-0.15, -0.1) is 0 Å². The molecular formula is C18H17ClN2O4. The largest absolute Gasteiger partial charge is 0.494 e. The summed E-state index contributed by atoms with van der Waals surface area (Å²) < 4.78 is 5.32. The van der Waals surface area contributed by atoms with E-state index >= 15 is 0 Å². The van der Waals surface area contributed by atoms with Crippen LogP contribution >= 0.6 is 11.6 Å². The zero-order valence-corrected chi connectivity index (χ0v) is 14.5. The summed E-state index contributed by atoms with van der Waals surface area (Å²) in [5.41, 5.74) is 0.928. The average Bonchev–Trinajstić information content (AvgIpc) is 2.60. The number of oxime groups is 1. The maximum atomic E-state index is 12.2. The Labute approximate surface area is 150 Å². The number of Topliss-reactive ketones (excluding diaryl/α,β-unsaturated/α-hetero) is 1. The fraction of sp³-hybridized carbons (Fsp3) is 0.167. The van der Waals surface area contributed by atoms with E-state index in [1.54, 1.807) is 48.5 Å². The van der Waals surface area contributed by atoms with E-state index in [9.17, 15) is 9.59 Å². The van der Waals surface area contributed by atoms with Crippen LogP contribution in [0.3, 0.4) is 0 Å². The number of ketones is 1. The predicted octanol–water partition coefficient (Wildman–Crippen LogP) is 4.55. The van der Waals surface area contributed by atoms with Crippen LogP contribution in [0.15, 0.2) is 53.7 Å². The smallest absolute Gasteiger partial charge is 0.437 e. The fourth-order valence-corrected chi connectivity index (χ4v) is 2.13. The van der Waals surface area contributed by atoms with Crippen molar-refractivity contribution in [2.75, 3.05) is 11.9 Å². The van der Waals surface area contributed by atoms with E-state index in [1.165, 1.54) is 6.92 Å². The molecule has 0 aromatic heterocycles. The number of amides is 1. The molecule has 1 N–H and O–H groups in total. The Morgan fingerprint density at radius 1 is 1.16 bits per heavy atom. The number of nitrogens with one attached hydrogen (secondary N) is 1. The van der Waals surface area contributed by atoms with Crippen LogP contribution in [0.4, 0.5) is 10.5 Å². The highest BCUT2D eigenvalue weighted by atomic mass is 35.5. The highest BCUT2D eigenvalue weighted by molar-refractivity contribution is 6.45. The van der Waals surface area contributed by atoms with Crippen molar-refractivity contribution in [2.45, 2.75) is 13.8 Å². The molecule has 2 rings (SSSR count). The van der Waals surface area contributed by atoms with Gasteiger partial charge in [0.05, 0.1) is 6.61 Å². The number of hydrogen-bond acceptors (Lipinski definition) is 5. The molecule has 0 aliphatic carbocycles. The van der Waals surface area contributed by atoms with Crippen LogP contribution in [-0.4, -0.2) is 24.2 Å². The van der Waals surface area contributed by atoms with E-state index in [1.807, 2.05) is 6.92 Å². The highest BCUT2D eigenvalue weighted by Crippen LogP contribution is 2.15. The lowest BCUT2D eigenvalue weighted by atomic mass is 10.1. The van der Waals surface area contributed by atoms with Crippen LogP contribution in [0.25, 0.3) is 0 Å². The number of rotatable bonds is 6. The number of carbonyl (C=O) groups excluding carboxylic acids is 2. The molecule has 1 amide bonds. The Hall–Kier alpha value is -2.86. The molecule has 0 fully saturated rings. The van der Waals surface area contributed by atoms with Crippen LogP contribution < -0.4 is 10.1 Å². The minimum absolute atomic E-state index is 0.0467. The topological polar surface area (TPSA) is 77.0 Å². The quantitative estimate of drug-likeness (QED) is 0.355. The second-order valence-corrected chi connectivity index (χ2v) is 5.41. The molecule has 6 nitrogen and oxygen atoms in total. The van der Waals surface area contributed by atoms with Gasteiger partial charge in [0, 0.05) is 16.3 Å². The molecule has 0 unspecified atom stereocenters. The van der Waals surface area contributed by atoms with Gasteiger partial charge >= 0.3 is 6.09 Å². The summed E-state index contributed by atoms with van der Waals surface area (Å²) in [5, 5.41) is 6.50. The van der Waals surface area contributed by atoms with Crippen LogP contribution in [0, 0.1) is 0 Å². The second-order valence-electron chi connectivity index (χ2n) is 4.98. The SMILES string of the molecule is CCOc1ccc(C(=O)/C(C)=N\OC(=O)Nc2cccc(Cl)c2)cc1. The predicted molar refractivity (Wildman–Crippen MR) is 96.6 cm³/mol. The van der Waals surface area contributed by atoms with E-state index < -0.39 is 6.09 Å². The van der Waals surface area contributed by atoms with Crippen molar-refractivity contribution < 1.29 is 19.2 Å². The van der Waals surface area contributed by atoms with Gasteiger partial charge in [-0.1, -0.05) is 22.8 Å². The van der Waals surface area contributed by atoms with Gasteiger partial charge in [0.1, 0.15) is 11.5 Å². The van der Waals surface area contributed by atoms with Crippen molar-refractivity contribution in [3.63, 3.8) is 0 Å². The first-order valence-corrected chi connectivity index (χ1v) is 7.93. The molecule has 2 aromatic rings. The molecule has 7 heteroatoms. The normalized spacial score (nSPS) is 10.9. The van der Waals surface area contributed by atoms with Gasteiger partial charge in [-0.2, -0.15) is 0 Å². The maximum absolute atomic E-state index is 12.2. The van der Waals surface area contributed by atoms with E-state index in [2.05, 4.69) is 10.5 Å². The zero-order chi connectivity index (χ0) is 18.2. The Kier molecular flexibility index (Phi) is 6.54. The van der Waals surface area contributed by atoms with E-state index in [0.717, 1.165) is 0 Å². The number of carbonyl (C=O) groups is 2. The van der Waals surface area contributed by atoms with Crippen LogP contribution in [0.1, 0.15) is 24.2 Å². The van der Waals surface area contributed by atoms with Gasteiger partial charge in [0.2, 0.25) is 5.78 Å². The molecule has 0 aliphatic heterocycles. The summed E-state index contributed by atoms with van der Waals surface area (Å²) in [6, 6.07) is 13.2. The molecule has 2 aromatic carbocycles. The molecule has 130 valence electrons. The van der Waals surface area contributed by atoms with Gasteiger partial charge in [0.25, 0.3) is 0 Å². The number of halogens is 1. The third-order valence-corrected chi connectivity index (χ3v) is 3.33. The van der Waals surface area contributed by atoms with Crippen LogP contribution in [0.5, 0.6) is 5.75 Å². The van der Waals surface area contributed by atoms with E-state index in [0.29, 0.717) is 28.6 Å². The molecule has 0 bridgehead atoms. The van der Waals surface area contributed by atoms with Gasteiger partial charge < -0.3 is 4.74 Å². The maximum Gasteiger partial charge on any atom is 0.437 e. The molecule has 0 radical (unpaired) electrons. The summed E-state index contributed by atoms with van der Waals surface area (Å²) in [5.74, 6) is 0.324. The molecule has 0 saturated heterocycles. The zero-order valence-electron chi connectivity index (χ0n) is 13.8. The molecule has 25 heavy (non-hydrogen) atoms. The molecule has 0 heterocycles. The minimum Gasteiger partial charge on any atom is -0.494 e. The Balaban J connectivity index is 1.95. The number of hydrogen-bond donors (Lipinski definition) is 1. The van der Waals surface area contributed by atoms with E-state index in [-0.39, 0.29) is 11.5 Å². The summed E-state index contributed by atoms with van der Waals surface area (Å²) in [7, 11) is 0. The van der Waals surface area contributed by atoms with Crippen LogP contribution in [0.2, 0.25) is 5.02 Å². The molecular weight excluding hydrogens is 344 g/mol. The van der Waals surface area contributed by atoms with Gasteiger partial charge in [-0.25, -0.2) is 4.79 Å². The third-order valence-electron chi connectivity index (χ3n) is 3.09. The monoisotopic (exact) mass is 360 g/mol. The fourth-order valence-electron chi connectivity index (χ4n) is 1.94. The molecule has 0 spiro atoms. The molecule has 0 saturated carbocycles. The lowest BCUT2D eigenvalue weighted by molar-refractivity contribution is 0.105. The first kappa shape index (κ1) is 18.5. The molecule has 0 atom stereocenters. The highest BCUT2D eigenvalue weighted by Gasteiger charge is 2.12. The second kappa shape index (κ2) is 8.84. The average molecular weight is 361 g/mol. The van der Waals surface area contributed by atoms with Gasteiger partial charge in [0.15, 0.2) is 0 Å². The van der Waals surface area contributed by atoms with Crippen molar-refractivity contribution in [3.05, 3.63) is 59.1 Å². The Morgan fingerprint density at radius 3 is 2.52 bits per heavy atom. The van der Waals surface area contributed by atoms with Crippen molar-refractivity contribution >= 4 is 34.9 Å². The molecule has 0 aliphatic rings. The lowest BCUT2D eigenvalue weighted by Gasteiger charge is -2.05. The standard InChI is InChI=1S/C18H17ClN2O4/c1-3-24-16-9-7-13(8-10-16)17(22)12(2)21-25-18(23)20-15-6-4-5-14(19)11-15/h4-11H,3H2,1-2H3,(H,20,23)/b21-12-. The van der Waals surface area contributed by atoms with Crippen molar-refractivity contribution in [2.24, 2.45) is 5.16 Å². The number of benzene rings is 2. The summed E-state index contributed by atoms with van der Waals surface area (Å²) >= 11 is 5.82. The Bertz CT molecular complexity index is 788. The summed E-state index contributed by atoms with van der Waals surface area (Å²) in [6.45, 7) is 3.89. The van der Waals surface area contributed by atoms with Crippen molar-refractivity contribution in [1.82, 2.24) is 0 Å². The minimum atomic E-state index is -0.818. The van der Waals surface area contributed by atoms with Gasteiger partial charge in [-0.3, -0.25) is 14.9 Å². The first-order chi connectivity index (χ1) is 12.0. The number of anilines is 1. The summed E-state index contributed by atoms with van der Waals surface area (Å²) in [6.07, 6.45) is -0.818. The number of nitrogens with zero attached hydrogens (tertiary/aromatic N) is 1. The van der Waals surface area contributed by atoms with Crippen molar-refractivity contribution in [3.8, 4) is 5.75 Å². The van der Waals surface area contributed by atoms with Crippen molar-refractivity contribution in [1.29, 1.82) is 0 Å². The van der Waals surface area contributed by atoms with Gasteiger partial charge in [-0.05, 0) is 56.3 Å². The van der Waals surface area contributed by atoms with Crippen LogP contribution in [-0.2, 0) is 4.84 Å². The lowest BCUT2D eigenvalue weighted by Crippen LogP contribution is -2.15. The summed E-state index contributed by atoms with van der Waals surface area (Å²) in [4.78, 5) is 28.6. The Morgan fingerprint density at radius 2 is 1.88 bits per heavy atom. The number of ether oxygens (including phenoxy) is 1. The van der Waals surface area contributed by atoms with E-state index in [4.69, 9.17) is 21.2 Å². The third kappa shape index (κ3) is 5.61.